The summed E-state index contributed by atoms with van der Waals surface area (Å²) in [5, 5.41) is 11.2. The number of nitrogens with zero attached hydrogens (tertiary/aromatic N) is 4. The van der Waals surface area contributed by atoms with E-state index in [1.54, 1.807) is 6.20 Å². The largest absolute Gasteiger partial charge is 0.352 e. The molecule has 0 radical (unpaired) electrons. The standard InChI is InChI=1S/C22H21N5O/c1-15-13-24-26-21(16(15)2)17-6-8-18(9-7-17)22(28)23-11-10-19-14-27-12-4-3-5-20(27)25-19/h3-9,12-14H,10-11H2,1-2H3,(H,23,28). The van der Waals surface area contributed by atoms with E-state index in [9.17, 15) is 4.79 Å². The summed E-state index contributed by atoms with van der Waals surface area (Å²) in [5.41, 5.74) is 6.48. The normalized spacial score (nSPS) is 10.9. The first-order valence-corrected chi connectivity index (χ1v) is 9.22. The van der Waals surface area contributed by atoms with Crippen molar-refractivity contribution < 1.29 is 4.79 Å². The van der Waals surface area contributed by atoms with Crippen LogP contribution in [0, 0.1) is 13.8 Å². The van der Waals surface area contributed by atoms with Crippen LogP contribution in [0.5, 0.6) is 0 Å². The van der Waals surface area contributed by atoms with Gasteiger partial charge in [0, 0.05) is 36.5 Å². The highest BCUT2D eigenvalue weighted by atomic mass is 16.1. The predicted octanol–water partition coefficient (Wildman–Crippen LogP) is 3.38. The summed E-state index contributed by atoms with van der Waals surface area (Å²) in [6.45, 7) is 4.57. The summed E-state index contributed by atoms with van der Waals surface area (Å²) >= 11 is 0. The molecule has 28 heavy (non-hydrogen) atoms. The minimum atomic E-state index is -0.0950. The summed E-state index contributed by atoms with van der Waals surface area (Å²) < 4.78 is 1.98. The molecule has 4 rings (SSSR count). The molecule has 0 bridgehead atoms. The highest BCUT2D eigenvalue weighted by Crippen LogP contribution is 2.22. The van der Waals surface area contributed by atoms with Crippen molar-refractivity contribution >= 4 is 11.6 Å². The Morgan fingerprint density at radius 2 is 1.93 bits per heavy atom. The van der Waals surface area contributed by atoms with Gasteiger partial charge in [-0.05, 0) is 49.2 Å². The topological polar surface area (TPSA) is 72.2 Å². The molecular weight excluding hydrogens is 350 g/mol. The Hall–Kier alpha value is -3.54. The second-order valence-corrected chi connectivity index (χ2v) is 6.78. The van der Waals surface area contributed by atoms with Crippen LogP contribution in [-0.4, -0.2) is 32.0 Å². The molecule has 0 unspecified atom stereocenters. The second kappa shape index (κ2) is 7.60. The van der Waals surface area contributed by atoms with Gasteiger partial charge in [-0.25, -0.2) is 4.98 Å². The second-order valence-electron chi connectivity index (χ2n) is 6.78. The quantitative estimate of drug-likeness (QED) is 0.584. The molecule has 0 aliphatic heterocycles. The van der Waals surface area contributed by atoms with E-state index >= 15 is 0 Å². The van der Waals surface area contributed by atoms with Gasteiger partial charge in [0.1, 0.15) is 5.65 Å². The van der Waals surface area contributed by atoms with E-state index in [2.05, 4.69) is 20.5 Å². The van der Waals surface area contributed by atoms with Gasteiger partial charge in [0.05, 0.1) is 17.6 Å². The van der Waals surface area contributed by atoms with Crippen molar-refractivity contribution in [3.05, 3.63) is 83.4 Å². The SMILES string of the molecule is Cc1cnnc(-c2ccc(C(=O)NCCc3cn4ccccc4n3)cc2)c1C. The van der Waals surface area contributed by atoms with E-state index in [0.29, 0.717) is 18.5 Å². The highest BCUT2D eigenvalue weighted by molar-refractivity contribution is 5.94. The van der Waals surface area contributed by atoms with Crippen LogP contribution in [0.2, 0.25) is 0 Å². The molecule has 0 aliphatic rings. The lowest BCUT2D eigenvalue weighted by atomic mass is 10.0. The minimum absolute atomic E-state index is 0.0950. The molecule has 0 saturated carbocycles. The van der Waals surface area contributed by atoms with E-state index in [1.807, 2.05) is 73.1 Å². The maximum atomic E-state index is 12.4. The molecule has 6 nitrogen and oxygen atoms in total. The molecule has 6 heteroatoms. The molecule has 0 fully saturated rings. The van der Waals surface area contributed by atoms with Crippen molar-refractivity contribution in [1.29, 1.82) is 0 Å². The number of aryl methyl sites for hydroxylation is 1. The average molecular weight is 371 g/mol. The number of pyridine rings is 1. The van der Waals surface area contributed by atoms with Gasteiger partial charge in [0.15, 0.2) is 0 Å². The smallest absolute Gasteiger partial charge is 0.251 e. The summed E-state index contributed by atoms with van der Waals surface area (Å²) in [6.07, 6.45) is 6.39. The molecule has 0 atom stereocenters. The number of imidazole rings is 1. The predicted molar refractivity (Wildman–Crippen MR) is 108 cm³/mol. The zero-order valence-electron chi connectivity index (χ0n) is 15.9. The van der Waals surface area contributed by atoms with Gasteiger partial charge in [-0.15, -0.1) is 0 Å². The Morgan fingerprint density at radius 3 is 2.71 bits per heavy atom. The Kier molecular flexibility index (Phi) is 4.85. The van der Waals surface area contributed by atoms with Gasteiger partial charge >= 0.3 is 0 Å². The molecule has 0 saturated heterocycles. The van der Waals surface area contributed by atoms with E-state index in [1.165, 1.54) is 0 Å². The molecule has 3 heterocycles. The van der Waals surface area contributed by atoms with Gasteiger partial charge in [0.2, 0.25) is 0 Å². The van der Waals surface area contributed by atoms with E-state index in [4.69, 9.17) is 0 Å². The number of aromatic nitrogens is 4. The number of nitrogens with one attached hydrogen (secondary N) is 1. The van der Waals surface area contributed by atoms with Crippen molar-refractivity contribution in [1.82, 2.24) is 24.9 Å². The van der Waals surface area contributed by atoms with Gasteiger partial charge in [-0.2, -0.15) is 10.2 Å². The Bertz CT molecular complexity index is 1100. The number of amides is 1. The zero-order chi connectivity index (χ0) is 19.5. The summed E-state index contributed by atoms with van der Waals surface area (Å²) in [4.78, 5) is 17.0. The number of hydrogen-bond donors (Lipinski definition) is 1. The molecular formula is C22H21N5O. The van der Waals surface area contributed by atoms with Crippen LogP contribution in [0.1, 0.15) is 27.2 Å². The average Bonchev–Trinajstić information content (AvgIpc) is 3.13. The first-order valence-electron chi connectivity index (χ1n) is 9.22. The third-order valence-corrected chi connectivity index (χ3v) is 4.86. The number of hydrogen-bond acceptors (Lipinski definition) is 4. The molecule has 0 spiro atoms. The van der Waals surface area contributed by atoms with Crippen molar-refractivity contribution in [2.45, 2.75) is 20.3 Å². The van der Waals surface area contributed by atoms with Crippen LogP contribution in [0.3, 0.4) is 0 Å². The van der Waals surface area contributed by atoms with E-state index in [-0.39, 0.29) is 5.91 Å². The molecule has 1 amide bonds. The minimum Gasteiger partial charge on any atom is -0.352 e. The first-order chi connectivity index (χ1) is 13.6. The lowest BCUT2D eigenvalue weighted by Crippen LogP contribution is -2.25. The summed E-state index contributed by atoms with van der Waals surface area (Å²) in [6, 6.07) is 13.3. The molecule has 140 valence electrons. The van der Waals surface area contributed by atoms with Gasteiger partial charge < -0.3 is 9.72 Å². The van der Waals surface area contributed by atoms with Crippen molar-refractivity contribution in [3.63, 3.8) is 0 Å². The lowest BCUT2D eigenvalue weighted by Gasteiger charge is -2.08. The number of carbonyl (C=O) groups is 1. The third kappa shape index (κ3) is 3.62. The molecule has 4 aromatic rings. The van der Waals surface area contributed by atoms with Crippen LogP contribution in [0.4, 0.5) is 0 Å². The van der Waals surface area contributed by atoms with Crippen LogP contribution < -0.4 is 5.32 Å². The number of benzene rings is 1. The first kappa shape index (κ1) is 17.9. The van der Waals surface area contributed by atoms with Crippen LogP contribution in [-0.2, 0) is 6.42 Å². The van der Waals surface area contributed by atoms with Crippen LogP contribution in [0.25, 0.3) is 16.9 Å². The number of carbonyl (C=O) groups excluding carboxylic acids is 1. The van der Waals surface area contributed by atoms with Crippen molar-refractivity contribution in [2.24, 2.45) is 0 Å². The fourth-order valence-electron chi connectivity index (χ4n) is 3.10. The third-order valence-electron chi connectivity index (χ3n) is 4.86. The fraction of sp³-hybridized carbons (Fsp3) is 0.182. The Labute approximate surface area is 163 Å². The van der Waals surface area contributed by atoms with Crippen molar-refractivity contribution in [3.8, 4) is 11.3 Å². The van der Waals surface area contributed by atoms with Gasteiger partial charge in [-0.1, -0.05) is 18.2 Å². The summed E-state index contributed by atoms with van der Waals surface area (Å²) in [5.74, 6) is -0.0950. The van der Waals surface area contributed by atoms with E-state index < -0.39 is 0 Å². The maximum absolute atomic E-state index is 12.4. The van der Waals surface area contributed by atoms with Crippen LogP contribution in [0.15, 0.2) is 61.1 Å². The Balaban J connectivity index is 1.39. The lowest BCUT2D eigenvalue weighted by molar-refractivity contribution is 0.0954. The fourth-order valence-corrected chi connectivity index (χ4v) is 3.10. The zero-order valence-corrected chi connectivity index (χ0v) is 15.9. The highest BCUT2D eigenvalue weighted by Gasteiger charge is 2.09. The molecule has 1 N–H and O–H groups in total. The van der Waals surface area contributed by atoms with Gasteiger partial charge in [-0.3, -0.25) is 4.79 Å². The van der Waals surface area contributed by atoms with Crippen LogP contribution >= 0.6 is 0 Å². The number of fused-ring (bicyclic) bond motifs is 1. The molecule has 3 aromatic heterocycles. The molecule has 0 aliphatic carbocycles. The Morgan fingerprint density at radius 1 is 1.11 bits per heavy atom. The monoisotopic (exact) mass is 371 g/mol. The van der Waals surface area contributed by atoms with Gasteiger partial charge in [0.25, 0.3) is 5.91 Å². The summed E-state index contributed by atoms with van der Waals surface area (Å²) in [7, 11) is 0. The van der Waals surface area contributed by atoms with E-state index in [0.717, 1.165) is 33.7 Å². The number of rotatable bonds is 5. The molecule has 1 aromatic carbocycles. The van der Waals surface area contributed by atoms with Crippen molar-refractivity contribution in [2.75, 3.05) is 6.54 Å². The maximum Gasteiger partial charge on any atom is 0.251 e.